The van der Waals surface area contributed by atoms with E-state index in [0.29, 0.717) is 52.0 Å². The number of hydrogen-bond acceptors (Lipinski definition) is 5. The fourth-order valence-corrected chi connectivity index (χ4v) is 4.49. The first-order valence-electron chi connectivity index (χ1n) is 9.87. The molecule has 10 heteroatoms. The molecule has 0 bridgehead atoms. The molecule has 0 saturated carbocycles. The van der Waals surface area contributed by atoms with Gasteiger partial charge >= 0.3 is 6.09 Å². The van der Waals surface area contributed by atoms with Crippen LogP contribution in [0.2, 0.25) is 10.0 Å². The van der Waals surface area contributed by atoms with E-state index in [9.17, 15) is 9.59 Å². The number of hydrogen-bond donors (Lipinski definition) is 1. The van der Waals surface area contributed by atoms with Gasteiger partial charge in [-0.2, -0.15) is 5.10 Å². The van der Waals surface area contributed by atoms with Crippen molar-refractivity contribution in [3.8, 4) is 5.69 Å². The van der Waals surface area contributed by atoms with E-state index < -0.39 is 5.60 Å². The lowest BCUT2D eigenvalue weighted by molar-refractivity contribution is 0.0289. The maximum absolute atomic E-state index is 12.8. The van der Waals surface area contributed by atoms with Crippen LogP contribution in [0.5, 0.6) is 0 Å². The molecule has 0 aliphatic carbocycles. The van der Waals surface area contributed by atoms with Gasteiger partial charge in [0.2, 0.25) is 0 Å². The van der Waals surface area contributed by atoms with E-state index in [-0.39, 0.29) is 17.7 Å². The van der Waals surface area contributed by atoms with Crippen molar-refractivity contribution in [3.63, 3.8) is 0 Å². The van der Waals surface area contributed by atoms with Crippen LogP contribution in [0.25, 0.3) is 16.7 Å². The van der Waals surface area contributed by atoms with Crippen molar-refractivity contribution in [1.82, 2.24) is 19.2 Å². The van der Waals surface area contributed by atoms with Gasteiger partial charge in [-0.1, -0.05) is 23.2 Å². The number of amides is 1. The summed E-state index contributed by atoms with van der Waals surface area (Å²) in [4.78, 5) is 26.8. The van der Waals surface area contributed by atoms with Gasteiger partial charge in [0.05, 0.1) is 33.3 Å². The molecular weight excluding hydrogens is 441 g/mol. The van der Waals surface area contributed by atoms with Gasteiger partial charge in [0.25, 0.3) is 5.56 Å². The number of nitrogen functional groups attached to an aromatic ring is 1. The third kappa shape index (κ3) is 4.09. The van der Waals surface area contributed by atoms with Gasteiger partial charge in [-0.15, -0.1) is 0 Å². The highest BCUT2D eigenvalue weighted by Crippen LogP contribution is 2.33. The number of ether oxygens (including phenoxy) is 1. The monoisotopic (exact) mass is 463 g/mol. The van der Waals surface area contributed by atoms with E-state index in [2.05, 4.69) is 5.10 Å². The third-order valence-electron chi connectivity index (χ3n) is 5.10. The van der Waals surface area contributed by atoms with Crippen molar-refractivity contribution in [2.75, 3.05) is 18.8 Å². The molecule has 1 aliphatic rings. The number of carbonyl (C=O) groups excluding carboxylic acids is 1. The Labute approximate surface area is 189 Å². The van der Waals surface area contributed by atoms with Crippen LogP contribution in [0.4, 0.5) is 10.5 Å². The Balaban J connectivity index is 1.72. The number of benzene rings is 1. The summed E-state index contributed by atoms with van der Waals surface area (Å²) in [6.07, 6.45) is 1.86. The zero-order valence-electron chi connectivity index (χ0n) is 17.4. The third-order valence-corrected chi connectivity index (χ3v) is 5.67. The van der Waals surface area contributed by atoms with Crippen molar-refractivity contribution in [2.45, 2.75) is 38.8 Å². The molecule has 164 valence electrons. The van der Waals surface area contributed by atoms with Crippen LogP contribution in [-0.2, 0) is 4.74 Å². The molecule has 1 atom stereocenters. The highest BCUT2D eigenvalue weighted by Gasteiger charge is 2.32. The molecule has 1 fully saturated rings. The predicted molar refractivity (Wildman–Crippen MR) is 121 cm³/mol. The van der Waals surface area contributed by atoms with E-state index in [4.69, 9.17) is 33.7 Å². The number of nitrogens with two attached hydrogens (primary N) is 1. The SMILES string of the molecule is CC(C)(C)OC(=O)N1CCC(n2c(=O)ccc3c2cnn3-c2c(Cl)cc(N)cc2Cl)C1. The number of carbonyl (C=O) groups is 1. The first-order valence-corrected chi connectivity index (χ1v) is 10.6. The van der Waals surface area contributed by atoms with E-state index in [0.717, 1.165) is 0 Å². The summed E-state index contributed by atoms with van der Waals surface area (Å²) in [5, 5.41) is 5.14. The maximum atomic E-state index is 12.8. The molecule has 2 N–H and O–H groups in total. The normalized spacial score (nSPS) is 16.8. The Morgan fingerprint density at radius 1 is 1.19 bits per heavy atom. The van der Waals surface area contributed by atoms with Crippen molar-refractivity contribution in [1.29, 1.82) is 0 Å². The second kappa shape index (κ2) is 7.76. The molecule has 1 aromatic carbocycles. The Morgan fingerprint density at radius 2 is 1.87 bits per heavy atom. The van der Waals surface area contributed by atoms with E-state index in [1.807, 2.05) is 20.8 Å². The second-order valence-electron chi connectivity index (χ2n) is 8.57. The lowest BCUT2D eigenvalue weighted by atomic mass is 10.2. The lowest BCUT2D eigenvalue weighted by Crippen LogP contribution is -2.36. The highest BCUT2D eigenvalue weighted by molar-refractivity contribution is 6.38. The van der Waals surface area contributed by atoms with Crippen molar-refractivity contribution in [3.05, 3.63) is 50.9 Å². The smallest absolute Gasteiger partial charge is 0.410 e. The fraction of sp³-hybridized carbons (Fsp3) is 0.381. The molecule has 31 heavy (non-hydrogen) atoms. The fourth-order valence-electron chi connectivity index (χ4n) is 3.83. The van der Waals surface area contributed by atoms with E-state index in [1.54, 1.807) is 38.5 Å². The van der Waals surface area contributed by atoms with Crippen LogP contribution < -0.4 is 11.3 Å². The summed E-state index contributed by atoms with van der Waals surface area (Å²) in [6.45, 7) is 6.36. The van der Waals surface area contributed by atoms with Gasteiger partial charge in [0.1, 0.15) is 11.3 Å². The number of nitrogens with zero attached hydrogens (tertiary/aromatic N) is 4. The first-order chi connectivity index (χ1) is 14.5. The van der Waals surface area contributed by atoms with Crippen LogP contribution in [0.3, 0.4) is 0 Å². The first kappa shape index (κ1) is 21.5. The molecule has 3 aromatic rings. The van der Waals surface area contributed by atoms with E-state index >= 15 is 0 Å². The quantitative estimate of drug-likeness (QED) is 0.572. The van der Waals surface area contributed by atoms with Crippen LogP contribution in [0.15, 0.2) is 35.3 Å². The summed E-state index contributed by atoms with van der Waals surface area (Å²) < 4.78 is 8.73. The van der Waals surface area contributed by atoms with Gasteiger partial charge in [-0.3, -0.25) is 4.79 Å². The molecule has 0 spiro atoms. The molecule has 0 radical (unpaired) electrons. The Bertz CT molecular complexity index is 1200. The number of aromatic nitrogens is 3. The predicted octanol–water partition coefficient (Wildman–Crippen LogP) is 4.26. The zero-order chi connectivity index (χ0) is 22.5. The highest BCUT2D eigenvalue weighted by atomic mass is 35.5. The van der Waals surface area contributed by atoms with E-state index in [1.165, 1.54) is 6.07 Å². The summed E-state index contributed by atoms with van der Waals surface area (Å²) in [6, 6.07) is 6.17. The standard InChI is InChI=1S/C21H23Cl2N5O3/c1-21(2,3)31-20(30)26-7-6-13(11-26)27-17-10-25-28(16(17)4-5-18(27)29)19-14(22)8-12(24)9-15(19)23/h4-5,8-10,13H,6-7,11,24H2,1-3H3. The van der Waals surface area contributed by atoms with Crippen molar-refractivity contribution >= 4 is 46.0 Å². The number of rotatable bonds is 2. The van der Waals surface area contributed by atoms with Crippen LogP contribution >= 0.6 is 23.2 Å². The summed E-state index contributed by atoms with van der Waals surface area (Å²) in [7, 11) is 0. The second-order valence-corrected chi connectivity index (χ2v) is 9.38. The maximum Gasteiger partial charge on any atom is 0.410 e. The minimum Gasteiger partial charge on any atom is -0.444 e. The number of halogens is 2. The van der Waals surface area contributed by atoms with Crippen LogP contribution in [-0.4, -0.2) is 44.0 Å². The Morgan fingerprint density at radius 3 is 2.52 bits per heavy atom. The minimum atomic E-state index is -0.579. The summed E-state index contributed by atoms with van der Waals surface area (Å²) in [5.41, 5.74) is 7.30. The van der Waals surface area contributed by atoms with Gasteiger partial charge in [0, 0.05) is 24.8 Å². The molecule has 2 aromatic heterocycles. The van der Waals surface area contributed by atoms with Crippen molar-refractivity contribution in [2.24, 2.45) is 0 Å². The summed E-state index contributed by atoms with van der Waals surface area (Å²) >= 11 is 12.8. The molecule has 1 unspecified atom stereocenters. The lowest BCUT2D eigenvalue weighted by Gasteiger charge is -2.24. The van der Waals surface area contributed by atoms with Crippen LogP contribution in [0, 0.1) is 0 Å². The average Bonchev–Trinajstić information content (AvgIpc) is 3.27. The molecule has 4 rings (SSSR count). The topological polar surface area (TPSA) is 95.4 Å². The largest absolute Gasteiger partial charge is 0.444 e. The number of anilines is 1. The van der Waals surface area contributed by atoms with Gasteiger partial charge < -0.3 is 19.9 Å². The number of fused-ring (bicyclic) bond motifs is 1. The zero-order valence-corrected chi connectivity index (χ0v) is 18.9. The Hall–Kier alpha value is -2.71. The summed E-state index contributed by atoms with van der Waals surface area (Å²) in [5.74, 6) is 0. The van der Waals surface area contributed by atoms with Crippen LogP contribution in [0.1, 0.15) is 33.2 Å². The van der Waals surface area contributed by atoms with Gasteiger partial charge in [0.15, 0.2) is 0 Å². The number of likely N-dealkylation sites (tertiary alicyclic amines) is 1. The van der Waals surface area contributed by atoms with Gasteiger partial charge in [-0.05, 0) is 45.4 Å². The molecule has 1 aliphatic heterocycles. The number of pyridine rings is 1. The molecule has 1 amide bonds. The van der Waals surface area contributed by atoms with Gasteiger partial charge in [-0.25, -0.2) is 9.48 Å². The Kier molecular flexibility index (Phi) is 5.39. The average molecular weight is 464 g/mol. The minimum absolute atomic E-state index is 0.169. The molecule has 1 saturated heterocycles. The molecule has 8 nitrogen and oxygen atoms in total. The molecular formula is C21H23Cl2N5O3. The molecule has 3 heterocycles. The van der Waals surface area contributed by atoms with Crippen molar-refractivity contribution < 1.29 is 9.53 Å².